The highest BCUT2D eigenvalue weighted by Gasteiger charge is 2.31. The van der Waals surface area contributed by atoms with Gasteiger partial charge in [-0.15, -0.1) is 22.7 Å². The molecule has 0 amide bonds. The molecule has 0 atom stereocenters. The van der Waals surface area contributed by atoms with E-state index in [9.17, 15) is 0 Å². The third-order valence-corrected chi connectivity index (χ3v) is 15.1. The summed E-state index contributed by atoms with van der Waals surface area (Å²) in [6.45, 7) is 0. The number of rotatable bonds is 6. The van der Waals surface area contributed by atoms with Crippen molar-refractivity contribution in [2.24, 2.45) is 0 Å². The molecule has 3 heterocycles. The minimum absolute atomic E-state index is 0.797. The molecule has 0 unspecified atom stereocenters. The van der Waals surface area contributed by atoms with Crippen molar-refractivity contribution in [3.8, 4) is 33.4 Å². The number of nitrogens with one attached hydrogen (secondary N) is 1. The highest BCUT2D eigenvalue weighted by molar-refractivity contribution is 7.26. The van der Waals surface area contributed by atoms with Crippen molar-refractivity contribution in [1.29, 1.82) is 0 Å². The first-order chi connectivity index (χ1) is 31.2. The summed E-state index contributed by atoms with van der Waals surface area (Å²) >= 11 is 3.77. The Labute approximate surface area is 374 Å². The first-order valence-electron chi connectivity index (χ1n) is 21.5. The van der Waals surface area contributed by atoms with Gasteiger partial charge in [-0.2, -0.15) is 0 Å². The summed E-state index contributed by atoms with van der Waals surface area (Å²) in [5.41, 5.74) is 15.6. The van der Waals surface area contributed by atoms with E-state index in [0.717, 1.165) is 18.7 Å². The second-order valence-electron chi connectivity index (χ2n) is 16.5. The van der Waals surface area contributed by atoms with Gasteiger partial charge in [-0.05, 0) is 110 Å². The molecule has 13 rings (SSSR count). The normalized spacial score (nSPS) is 12.2. The molecule has 1 N–H and O–H groups in total. The summed E-state index contributed by atoms with van der Waals surface area (Å²) in [5.74, 6) is 0. The molecule has 294 valence electrons. The minimum Gasteiger partial charge on any atom is -0.355 e. The van der Waals surface area contributed by atoms with Crippen LogP contribution in [-0.4, -0.2) is 7.28 Å². The number of fused-ring (bicyclic) bond motifs is 9. The van der Waals surface area contributed by atoms with Crippen molar-refractivity contribution in [2.75, 3.05) is 10.2 Å². The number of anilines is 5. The van der Waals surface area contributed by atoms with E-state index < -0.39 is 0 Å². The molecule has 12 aromatic rings. The summed E-state index contributed by atoms with van der Waals surface area (Å²) in [6, 6.07) is 78.4. The van der Waals surface area contributed by atoms with Crippen molar-refractivity contribution in [3.05, 3.63) is 212 Å². The van der Waals surface area contributed by atoms with Gasteiger partial charge in [0.2, 0.25) is 0 Å². The Morgan fingerprint density at radius 2 is 1.00 bits per heavy atom. The Kier molecular flexibility index (Phi) is 8.40. The van der Waals surface area contributed by atoms with E-state index in [0.29, 0.717) is 0 Å². The topological polar surface area (TPSA) is 15.3 Å². The minimum atomic E-state index is 0.797. The van der Waals surface area contributed by atoms with Gasteiger partial charge in [0, 0.05) is 69.0 Å². The van der Waals surface area contributed by atoms with Crippen molar-refractivity contribution in [2.45, 2.75) is 0 Å². The maximum absolute atomic E-state index is 3.93. The first kappa shape index (κ1) is 36.2. The van der Waals surface area contributed by atoms with Crippen LogP contribution in [0.3, 0.4) is 0 Å². The van der Waals surface area contributed by atoms with Gasteiger partial charge in [-0.1, -0.05) is 157 Å². The fourth-order valence-electron chi connectivity index (χ4n) is 9.87. The van der Waals surface area contributed by atoms with Crippen molar-refractivity contribution in [3.63, 3.8) is 0 Å². The van der Waals surface area contributed by atoms with E-state index in [4.69, 9.17) is 0 Å². The average molecular weight is 837 g/mol. The fourth-order valence-corrected chi connectivity index (χ4v) is 12.1. The smallest absolute Gasteiger partial charge is 0.198 e. The zero-order chi connectivity index (χ0) is 41.4. The Hall–Kier alpha value is -7.44. The van der Waals surface area contributed by atoms with Gasteiger partial charge in [-0.25, -0.2) is 0 Å². The SMILES string of the molecule is B1c2cc3c(cc2N(c2ccc4c(c2)sc2ccccc24)c2cc(-c4ccccc4)cc(-c4c(Nc5ccc(-c6ccccc6)cc5)ccc5ccccc45)c21)sc1ccccc13. The Bertz CT molecular complexity index is 3740. The second kappa shape index (κ2) is 14.6. The molecule has 1 aliphatic rings. The summed E-state index contributed by atoms with van der Waals surface area (Å²) in [5, 5.41) is 11.6. The van der Waals surface area contributed by atoms with E-state index in [1.807, 2.05) is 22.7 Å². The largest absolute Gasteiger partial charge is 0.355 e. The average Bonchev–Trinajstić information content (AvgIpc) is 3.90. The van der Waals surface area contributed by atoms with Gasteiger partial charge in [0.1, 0.15) is 0 Å². The molecule has 1 aliphatic heterocycles. The predicted octanol–water partition coefficient (Wildman–Crippen LogP) is 15.5. The van der Waals surface area contributed by atoms with Crippen LogP contribution >= 0.6 is 22.7 Å². The summed E-state index contributed by atoms with van der Waals surface area (Å²) in [7, 11) is 0.797. The molecule has 0 saturated carbocycles. The number of hydrogen-bond acceptors (Lipinski definition) is 4. The summed E-state index contributed by atoms with van der Waals surface area (Å²) in [4.78, 5) is 2.57. The van der Waals surface area contributed by atoms with Crippen LogP contribution in [0.1, 0.15) is 0 Å². The number of hydrogen-bond donors (Lipinski definition) is 1. The predicted molar refractivity (Wildman–Crippen MR) is 277 cm³/mol. The van der Waals surface area contributed by atoms with Crippen LogP contribution in [0.4, 0.5) is 28.4 Å². The van der Waals surface area contributed by atoms with Crippen LogP contribution in [0.15, 0.2) is 212 Å². The second-order valence-corrected chi connectivity index (χ2v) is 18.7. The van der Waals surface area contributed by atoms with Gasteiger partial charge >= 0.3 is 0 Å². The number of benzene rings is 10. The molecule has 0 radical (unpaired) electrons. The third-order valence-electron chi connectivity index (χ3n) is 12.9. The molecule has 0 spiro atoms. The molecular formula is C58H37BN2S2. The molecule has 0 fully saturated rings. The van der Waals surface area contributed by atoms with Crippen LogP contribution in [-0.2, 0) is 0 Å². The van der Waals surface area contributed by atoms with E-state index >= 15 is 0 Å². The Balaban J connectivity index is 1.08. The lowest BCUT2D eigenvalue weighted by Crippen LogP contribution is -2.41. The molecule has 5 heteroatoms. The number of thiophene rings is 2. The molecule has 2 aromatic heterocycles. The highest BCUT2D eigenvalue weighted by Crippen LogP contribution is 2.47. The summed E-state index contributed by atoms with van der Waals surface area (Å²) < 4.78 is 5.24. The van der Waals surface area contributed by atoms with Gasteiger partial charge in [0.15, 0.2) is 7.28 Å². The standard InChI is InChI=1S/C58H37BN2S2/c1-3-13-36(14-4-1)38-23-26-41(27-24-38)60-50-30-25-39-17-7-8-18-43(39)57(50)48-31-40(37-15-5-2-6-16-37)32-52-58(48)59-49-34-47-45-20-10-12-22-54(45)63-56(47)35-51(49)61(52)42-28-29-46-44-19-9-11-21-53(44)62-55(46)33-42/h1-35,59-60H. The zero-order valence-electron chi connectivity index (χ0n) is 34.2. The van der Waals surface area contributed by atoms with E-state index in [1.54, 1.807) is 0 Å². The molecule has 0 saturated heterocycles. The highest BCUT2D eigenvalue weighted by atomic mass is 32.1. The lowest BCUT2D eigenvalue weighted by Gasteiger charge is -2.36. The van der Waals surface area contributed by atoms with Gasteiger partial charge in [-0.3, -0.25) is 0 Å². The lowest BCUT2D eigenvalue weighted by atomic mass is 9.57. The van der Waals surface area contributed by atoms with Crippen molar-refractivity contribution in [1.82, 2.24) is 0 Å². The van der Waals surface area contributed by atoms with Crippen molar-refractivity contribution < 1.29 is 0 Å². The monoisotopic (exact) mass is 836 g/mol. The molecule has 0 bridgehead atoms. The van der Waals surface area contributed by atoms with Crippen LogP contribution in [0.5, 0.6) is 0 Å². The van der Waals surface area contributed by atoms with Crippen LogP contribution in [0, 0.1) is 0 Å². The fraction of sp³-hybridized carbons (Fsp3) is 0. The maximum Gasteiger partial charge on any atom is 0.198 e. The summed E-state index contributed by atoms with van der Waals surface area (Å²) in [6.07, 6.45) is 0. The zero-order valence-corrected chi connectivity index (χ0v) is 35.8. The van der Waals surface area contributed by atoms with E-state index in [-0.39, 0.29) is 0 Å². The molecule has 2 nitrogen and oxygen atoms in total. The van der Waals surface area contributed by atoms with Crippen LogP contribution < -0.4 is 21.1 Å². The first-order valence-corrected chi connectivity index (χ1v) is 23.2. The molecule has 0 aliphatic carbocycles. The number of nitrogens with zero attached hydrogens (tertiary/aromatic N) is 1. The van der Waals surface area contributed by atoms with E-state index in [2.05, 4.69) is 223 Å². The van der Waals surface area contributed by atoms with Gasteiger partial charge < -0.3 is 10.2 Å². The quantitative estimate of drug-likeness (QED) is 0.168. The Morgan fingerprint density at radius 3 is 1.75 bits per heavy atom. The van der Waals surface area contributed by atoms with Crippen molar-refractivity contribution >= 4 is 120 Å². The Morgan fingerprint density at radius 1 is 0.397 bits per heavy atom. The maximum atomic E-state index is 3.93. The van der Waals surface area contributed by atoms with Gasteiger partial charge in [0.05, 0.1) is 0 Å². The van der Waals surface area contributed by atoms with Crippen LogP contribution in [0.25, 0.3) is 84.5 Å². The van der Waals surface area contributed by atoms with Crippen LogP contribution in [0.2, 0.25) is 0 Å². The lowest BCUT2D eigenvalue weighted by molar-refractivity contribution is 1.31. The molecular weight excluding hydrogens is 800 g/mol. The molecule has 63 heavy (non-hydrogen) atoms. The molecule has 10 aromatic carbocycles. The third kappa shape index (κ3) is 6.07. The van der Waals surface area contributed by atoms with E-state index in [1.165, 1.54) is 112 Å². The van der Waals surface area contributed by atoms with Gasteiger partial charge in [0.25, 0.3) is 0 Å².